The largest absolute Gasteiger partial charge is 0.479 e. The molecule has 3 rings (SSSR count). The lowest BCUT2D eigenvalue weighted by Crippen LogP contribution is -2.29. The quantitative estimate of drug-likeness (QED) is 0.585. The van der Waals surface area contributed by atoms with Crippen LogP contribution in [0.3, 0.4) is 0 Å². The van der Waals surface area contributed by atoms with Gasteiger partial charge in [0.2, 0.25) is 0 Å². The lowest BCUT2D eigenvalue weighted by atomic mass is 10.1. The van der Waals surface area contributed by atoms with E-state index in [4.69, 9.17) is 22.1 Å². The SMILES string of the molecule is Cn1c(-c2ccc(N)cc2Cl)nnc1C(C)(C)Oc1ccc(F)cc1Br. The van der Waals surface area contributed by atoms with Gasteiger partial charge in [0, 0.05) is 18.3 Å². The van der Waals surface area contributed by atoms with Crippen LogP contribution in [0.15, 0.2) is 40.9 Å². The summed E-state index contributed by atoms with van der Waals surface area (Å²) in [6.07, 6.45) is 0. The average Bonchev–Trinajstić information content (AvgIpc) is 2.92. The molecule has 0 unspecified atom stereocenters. The Morgan fingerprint density at radius 3 is 2.58 bits per heavy atom. The van der Waals surface area contributed by atoms with E-state index in [2.05, 4.69) is 26.1 Å². The molecule has 0 radical (unpaired) electrons. The fourth-order valence-corrected chi connectivity index (χ4v) is 3.38. The Bertz CT molecular complexity index is 974. The van der Waals surface area contributed by atoms with Crippen molar-refractivity contribution < 1.29 is 9.13 Å². The third kappa shape index (κ3) is 3.54. The standard InChI is InChI=1S/C18H17BrClFN4O/c1-18(2,26-15-7-4-10(21)8-13(15)19)17-24-23-16(25(17)3)12-6-5-11(22)9-14(12)20/h4-9H,22H2,1-3H3. The first-order valence-corrected chi connectivity index (χ1v) is 8.95. The van der Waals surface area contributed by atoms with Crippen LogP contribution in [0.1, 0.15) is 19.7 Å². The number of halogens is 3. The van der Waals surface area contributed by atoms with Crippen molar-refractivity contribution in [1.29, 1.82) is 0 Å². The summed E-state index contributed by atoms with van der Waals surface area (Å²) in [6, 6.07) is 9.48. The van der Waals surface area contributed by atoms with E-state index in [1.54, 1.807) is 24.3 Å². The van der Waals surface area contributed by atoms with Crippen molar-refractivity contribution in [2.24, 2.45) is 7.05 Å². The molecule has 136 valence electrons. The molecule has 2 N–H and O–H groups in total. The topological polar surface area (TPSA) is 66.0 Å². The molecule has 0 saturated carbocycles. The summed E-state index contributed by atoms with van der Waals surface area (Å²) in [6.45, 7) is 3.72. The highest BCUT2D eigenvalue weighted by Gasteiger charge is 2.31. The van der Waals surface area contributed by atoms with Crippen LogP contribution in [0, 0.1) is 5.82 Å². The molecular weight excluding hydrogens is 423 g/mol. The van der Waals surface area contributed by atoms with Crippen LogP contribution in [0.2, 0.25) is 5.02 Å². The van der Waals surface area contributed by atoms with Crippen LogP contribution in [0.25, 0.3) is 11.4 Å². The maximum atomic E-state index is 13.3. The van der Waals surface area contributed by atoms with Gasteiger partial charge in [0.1, 0.15) is 11.6 Å². The summed E-state index contributed by atoms with van der Waals surface area (Å²) in [4.78, 5) is 0. The minimum atomic E-state index is -0.819. The number of rotatable bonds is 4. The van der Waals surface area contributed by atoms with E-state index in [1.165, 1.54) is 12.1 Å². The molecule has 0 aliphatic carbocycles. The lowest BCUT2D eigenvalue weighted by Gasteiger charge is -2.26. The maximum absolute atomic E-state index is 13.3. The van der Waals surface area contributed by atoms with E-state index < -0.39 is 5.60 Å². The number of hydrogen-bond acceptors (Lipinski definition) is 4. The summed E-state index contributed by atoms with van der Waals surface area (Å²) in [5.41, 5.74) is 6.23. The van der Waals surface area contributed by atoms with Crippen LogP contribution >= 0.6 is 27.5 Å². The fourth-order valence-electron chi connectivity index (χ4n) is 2.68. The Kier molecular flexibility index (Phi) is 4.94. The number of nitrogens with two attached hydrogens (primary N) is 1. The Labute approximate surface area is 164 Å². The molecule has 0 amide bonds. The molecule has 2 aromatic carbocycles. The number of ether oxygens (including phenoxy) is 1. The van der Waals surface area contributed by atoms with E-state index in [1.807, 2.05) is 25.5 Å². The first-order chi connectivity index (χ1) is 12.2. The predicted molar refractivity (Wildman–Crippen MR) is 104 cm³/mol. The van der Waals surface area contributed by atoms with Crippen molar-refractivity contribution in [3.05, 3.63) is 57.5 Å². The molecule has 1 heterocycles. The van der Waals surface area contributed by atoms with Gasteiger partial charge in [0.15, 0.2) is 17.2 Å². The Morgan fingerprint density at radius 1 is 1.19 bits per heavy atom. The third-order valence-corrected chi connectivity index (χ3v) is 4.84. The zero-order chi connectivity index (χ0) is 19.1. The lowest BCUT2D eigenvalue weighted by molar-refractivity contribution is 0.0938. The molecular formula is C18H17BrClFN4O. The van der Waals surface area contributed by atoms with Crippen molar-refractivity contribution in [2.75, 3.05) is 5.73 Å². The highest BCUT2D eigenvalue weighted by Crippen LogP contribution is 2.34. The number of anilines is 1. The smallest absolute Gasteiger partial charge is 0.176 e. The van der Waals surface area contributed by atoms with Crippen LogP contribution in [0.5, 0.6) is 5.75 Å². The van der Waals surface area contributed by atoms with Gasteiger partial charge < -0.3 is 15.0 Å². The van der Waals surface area contributed by atoms with Crippen molar-refractivity contribution in [2.45, 2.75) is 19.4 Å². The average molecular weight is 440 g/mol. The van der Waals surface area contributed by atoms with Crippen LogP contribution < -0.4 is 10.5 Å². The number of aromatic nitrogens is 3. The van der Waals surface area contributed by atoms with Gasteiger partial charge in [-0.25, -0.2) is 4.39 Å². The normalized spacial score (nSPS) is 11.6. The van der Waals surface area contributed by atoms with Gasteiger partial charge in [-0.3, -0.25) is 0 Å². The van der Waals surface area contributed by atoms with Gasteiger partial charge in [-0.2, -0.15) is 0 Å². The van der Waals surface area contributed by atoms with Gasteiger partial charge >= 0.3 is 0 Å². The second-order valence-corrected chi connectivity index (χ2v) is 7.59. The highest BCUT2D eigenvalue weighted by molar-refractivity contribution is 9.10. The molecule has 26 heavy (non-hydrogen) atoms. The van der Waals surface area contributed by atoms with Crippen LogP contribution in [-0.4, -0.2) is 14.8 Å². The molecule has 0 bridgehead atoms. The van der Waals surface area contributed by atoms with Crippen LogP contribution in [0.4, 0.5) is 10.1 Å². The van der Waals surface area contributed by atoms with Crippen LogP contribution in [-0.2, 0) is 12.6 Å². The van der Waals surface area contributed by atoms with Gasteiger partial charge in [0.25, 0.3) is 0 Å². The summed E-state index contributed by atoms with van der Waals surface area (Å²) >= 11 is 9.60. The number of nitrogens with zero attached hydrogens (tertiary/aromatic N) is 3. The van der Waals surface area contributed by atoms with E-state index in [9.17, 15) is 4.39 Å². The van der Waals surface area contributed by atoms with E-state index in [0.29, 0.717) is 32.6 Å². The Hall–Kier alpha value is -2.12. The van der Waals surface area contributed by atoms with E-state index in [-0.39, 0.29) is 5.82 Å². The van der Waals surface area contributed by atoms with Gasteiger partial charge in [0.05, 0.1) is 9.50 Å². The van der Waals surface area contributed by atoms with Crippen molar-refractivity contribution >= 4 is 33.2 Å². The molecule has 8 heteroatoms. The molecule has 0 aliphatic rings. The predicted octanol–water partition coefficient (Wildman–Crippen LogP) is 4.93. The Morgan fingerprint density at radius 2 is 1.92 bits per heavy atom. The van der Waals surface area contributed by atoms with Crippen molar-refractivity contribution in [1.82, 2.24) is 14.8 Å². The Balaban J connectivity index is 1.97. The highest BCUT2D eigenvalue weighted by atomic mass is 79.9. The van der Waals surface area contributed by atoms with Gasteiger partial charge in [-0.1, -0.05) is 11.6 Å². The molecule has 0 atom stereocenters. The summed E-state index contributed by atoms with van der Waals surface area (Å²) < 4.78 is 21.7. The molecule has 0 fully saturated rings. The van der Waals surface area contributed by atoms with Crippen molar-refractivity contribution in [3.8, 4) is 17.1 Å². The first-order valence-electron chi connectivity index (χ1n) is 7.78. The first kappa shape index (κ1) is 18.7. The zero-order valence-corrected chi connectivity index (χ0v) is 16.8. The minimum Gasteiger partial charge on any atom is -0.479 e. The molecule has 0 spiro atoms. The van der Waals surface area contributed by atoms with E-state index >= 15 is 0 Å². The second kappa shape index (κ2) is 6.89. The number of benzene rings is 2. The molecule has 0 saturated heterocycles. The summed E-state index contributed by atoms with van der Waals surface area (Å²) in [5.74, 6) is 1.35. The molecule has 5 nitrogen and oxygen atoms in total. The van der Waals surface area contributed by atoms with E-state index in [0.717, 1.165) is 5.56 Å². The zero-order valence-electron chi connectivity index (χ0n) is 14.4. The monoisotopic (exact) mass is 438 g/mol. The minimum absolute atomic E-state index is 0.346. The molecule has 1 aromatic heterocycles. The summed E-state index contributed by atoms with van der Waals surface area (Å²) in [5, 5.41) is 9.03. The fraction of sp³-hybridized carbons (Fsp3) is 0.222. The van der Waals surface area contributed by atoms with Gasteiger partial charge in [-0.15, -0.1) is 10.2 Å². The van der Waals surface area contributed by atoms with Gasteiger partial charge in [-0.05, 0) is 66.2 Å². The second-order valence-electron chi connectivity index (χ2n) is 6.33. The number of hydrogen-bond donors (Lipinski definition) is 1. The molecule has 3 aromatic rings. The molecule has 0 aliphatic heterocycles. The summed E-state index contributed by atoms with van der Waals surface area (Å²) in [7, 11) is 1.84. The third-order valence-electron chi connectivity index (χ3n) is 3.91. The number of nitrogen functional groups attached to an aromatic ring is 1. The maximum Gasteiger partial charge on any atom is 0.176 e. The van der Waals surface area contributed by atoms with Crippen molar-refractivity contribution in [3.63, 3.8) is 0 Å².